The quantitative estimate of drug-likeness (QED) is 0.810. The lowest BCUT2D eigenvalue weighted by atomic mass is 10.1. The van der Waals surface area contributed by atoms with E-state index >= 15 is 0 Å². The van der Waals surface area contributed by atoms with Gasteiger partial charge in [-0.1, -0.05) is 24.3 Å². The number of aliphatic hydroxyl groups is 2. The number of pyridine rings is 1. The van der Waals surface area contributed by atoms with E-state index in [1.54, 1.807) is 13.0 Å². The number of fused-ring (bicyclic) bond motifs is 1. The van der Waals surface area contributed by atoms with Crippen LogP contribution in [-0.4, -0.2) is 33.9 Å². The number of hydrogen-bond donors (Lipinski definition) is 2. The number of aliphatic hydroxyl groups excluding tert-OH is 2. The molecule has 2 atom stereocenters. The van der Waals surface area contributed by atoms with Crippen molar-refractivity contribution < 1.29 is 19.7 Å². The summed E-state index contributed by atoms with van der Waals surface area (Å²) in [6.45, 7) is 1.93. The Bertz CT molecular complexity index is 599. The average molecular weight is 275 g/mol. The van der Waals surface area contributed by atoms with Crippen molar-refractivity contribution in [2.24, 2.45) is 0 Å². The SMILES string of the molecule is CCOC(=O)CC(O)C(O)c1ccc2ccccc2n1. The van der Waals surface area contributed by atoms with Crippen molar-refractivity contribution in [3.63, 3.8) is 0 Å². The van der Waals surface area contributed by atoms with Crippen LogP contribution in [0.4, 0.5) is 0 Å². The summed E-state index contributed by atoms with van der Waals surface area (Å²) in [5.74, 6) is -0.542. The third kappa shape index (κ3) is 3.31. The molecular weight excluding hydrogens is 258 g/mol. The third-order valence-corrected chi connectivity index (χ3v) is 2.97. The minimum absolute atomic E-state index is 0.246. The highest BCUT2D eigenvalue weighted by Crippen LogP contribution is 2.20. The van der Waals surface area contributed by atoms with Gasteiger partial charge >= 0.3 is 5.97 Å². The van der Waals surface area contributed by atoms with Gasteiger partial charge in [-0.2, -0.15) is 0 Å². The van der Waals surface area contributed by atoms with E-state index in [9.17, 15) is 15.0 Å². The van der Waals surface area contributed by atoms with Crippen molar-refractivity contribution in [3.8, 4) is 0 Å². The monoisotopic (exact) mass is 275 g/mol. The van der Waals surface area contributed by atoms with Gasteiger partial charge < -0.3 is 14.9 Å². The molecule has 0 saturated heterocycles. The predicted molar refractivity (Wildman–Crippen MR) is 74.0 cm³/mol. The number of ether oxygens (including phenoxy) is 1. The van der Waals surface area contributed by atoms with E-state index in [-0.39, 0.29) is 13.0 Å². The van der Waals surface area contributed by atoms with E-state index in [0.29, 0.717) is 5.69 Å². The second-order valence-corrected chi connectivity index (χ2v) is 4.45. The van der Waals surface area contributed by atoms with Gasteiger partial charge in [-0.25, -0.2) is 4.98 Å². The van der Waals surface area contributed by atoms with Crippen LogP contribution in [0.25, 0.3) is 10.9 Å². The van der Waals surface area contributed by atoms with E-state index in [0.717, 1.165) is 10.9 Å². The highest BCUT2D eigenvalue weighted by atomic mass is 16.5. The van der Waals surface area contributed by atoms with Gasteiger partial charge in [0.25, 0.3) is 0 Å². The summed E-state index contributed by atoms with van der Waals surface area (Å²) in [5.41, 5.74) is 1.06. The zero-order chi connectivity index (χ0) is 14.5. The van der Waals surface area contributed by atoms with Crippen LogP contribution in [0.3, 0.4) is 0 Å². The fraction of sp³-hybridized carbons (Fsp3) is 0.333. The Morgan fingerprint density at radius 3 is 2.75 bits per heavy atom. The van der Waals surface area contributed by atoms with Crippen molar-refractivity contribution >= 4 is 16.9 Å². The Morgan fingerprint density at radius 2 is 2.00 bits per heavy atom. The first-order valence-corrected chi connectivity index (χ1v) is 6.49. The first-order chi connectivity index (χ1) is 9.61. The minimum atomic E-state index is -1.23. The largest absolute Gasteiger partial charge is 0.466 e. The number of nitrogens with zero attached hydrogens (tertiary/aromatic N) is 1. The molecule has 0 aliphatic heterocycles. The molecule has 20 heavy (non-hydrogen) atoms. The lowest BCUT2D eigenvalue weighted by molar-refractivity contribution is -0.147. The fourth-order valence-corrected chi connectivity index (χ4v) is 1.95. The maximum atomic E-state index is 11.3. The summed E-state index contributed by atoms with van der Waals surface area (Å²) >= 11 is 0. The van der Waals surface area contributed by atoms with Crippen LogP contribution in [0.15, 0.2) is 36.4 Å². The summed E-state index contributed by atoms with van der Waals surface area (Å²) in [5, 5.41) is 20.8. The second kappa shape index (κ2) is 6.45. The molecule has 0 radical (unpaired) electrons. The number of aromatic nitrogens is 1. The number of para-hydroxylation sites is 1. The van der Waals surface area contributed by atoms with Crippen LogP contribution in [-0.2, 0) is 9.53 Å². The average Bonchev–Trinajstić information content (AvgIpc) is 2.46. The molecule has 0 aliphatic carbocycles. The van der Waals surface area contributed by atoms with Crippen LogP contribution >= 0.6 is 0 Å². The Labute approximate surface area is 116 Å². The smallest absolute Gasteiger partial charge is 0.308 e. The maximum absolute atomic E-state index is 11.3. The second-order valence-electron chi connectivity index (χ2n) is 4.45. The zero-order valence-corrected chi connectivity index (χ0v) is 11.2. The third-order valence-electron chi connectivity index (χ3n) is 2.97. The Morgan fingerprint density at radius 1 is 1.25 bits per heavy atom. The summed E-state index contributed by atoms with van der Waals surface area (Å²) in [6.07, 6.45) is -2.71. The molecule has 2 unspecified atom stereocenters. The minimum Gasteiger partial charge on any atom is -0.466 e. The molecule has 0 bridgehead atoms. The van der Waals surface area contributed by atoms with Crippen molar-refractivity contribution in [1.29, 1.82) is 0 Å². The van der Waals surface area contributed by atoms with E-state index < -0.39 is 18.2 Å². The molecule has 0 saturated carbocycles. The summed E-state index contributed by atoms with van der Waals surface area (Å²) < 4.78 is 4.74. The Hall–Kier alpha value is -1.98. The summed E-state index contributed by atoms with van der Waals surface area (Å²) in [4.78, 5) is 15.6. The lowest BCUT2D eigenvalue weighted by Gasteiger charge is -2.17. The van der Waals surface area contributed by atoms with Crippen molar-refractivity contribution in [2.75, 3.05) is 6.61 Å². The Balaban J connectivity index is 2.13. The van der Waals surface area contributed by atoms with Gasteiger partial charge in [0.05, 0.1) is 30.3 Å². The van der Waals surface area contributed by atoms with Crippen LogP contribution in [0.2, 0.25) is 0 Å². The Kier molecular flexibility index (Phi) is 4.65. The van der Waals surface area contributed by atoms with Gasteiger partial charge in [0.1, 0.15) is 6.10 Å². The highest BCUT2D eigenvalue weighted by molar-refractivity contribution is 5.78. The molecule has 0 fully saturated rings. The van der Waals surface area contributed by atoms with Crippen LogP contribution in [0.5, 0.6) is 0 Å². The van der Waals surface area contributed by atoms with Crippen LogP contribution in [0.1, 0.15) is 25.1 Å². The van der Waals surface area contributed by atoms with E-state index in [1.807, 2.05) is 30.3 Å². The van der Waals surface area contributed by atoms with Crippen molar-refractivity contribution in [2.45, 2.75) is 25.6 Å². The molecule has 1 aromatic heterocycles. The van der Waals surface area contributed by atoms with E-state index in [2.05, 4.69) is 4.98 Å². The molecule has 5 heteroatoms. The first kappa shape index (κ1) is 14.4. The van der Waals surface area contributed by atoms with Gasteiger partial charge in [-0.05, 0) is 19.1 Å². The number of carbonyl (C=O) groups is 1. The molecule has 0 amide bonds. The van der Waals surface area contributed by atoms with Gasteiger partial charge in [0.2, 0.25) is 0 Å². The van der Waals surface area contributed by atoms with Gasteiger partial charge in [-0.15, -0.1) is 0 Å². The van der Waals surface area contributed by atoms with E-state index in [4.69, 9.17) is 4.74 Å². The number of esters is 1. The molecule has 1 heterocycles. The first-order valence-electron chi connectivity index (χ1n) is 6.49. The van der Waals surface area contributed by atoms with Gasteiger partial charge in [0.15, 0.2) is 0 Å². The molecule has 2 N–H and O–H groups in total. The van der Waals surface area contributed by atoms with Crippen molar-refractivity contribution in [1.82, 2.24) is 4.98 Å². The normalized spacial score (nSPS) is 13.9. The number of carbonyl (C=O) groups excluding carboxylic acids is 1. The van der Waals surface area contributed by atoms with Crippen molar-refractivity contribution in [3.05, 3.63) is 42.1 Å². The van der Waals surface area contributed by atoms with Gasteiger partial charge in [0, 0.05) is 5.39 Å². The van der Waals surface area contributed by atoms with Crippen LogP contribution in [0, 0.1) is 0 Å². The van der Waals surface area contributed by atoms with Gasteiger partial charge in [-0.3, -0.25) is 4.79 Å². The molecular formula is C15H17NO4. The molecule has 106 valence electrons. The number of benzene rings is 1. The fourth-order valence-electron chi connectivity index (χ4n) is 1.95. The predicted octanol–water partition coefficient (Wildman–Crippen LogP) is 1.58. The molecule has 2 rings (SSSR count). The maximum Gasteiger partial charge on any atom is 0.308 e. The number of rotatable bonds is 5. The molecule has 0 aliphatic rings. The summed E-state index contributed by atoms with van der Waals surface area (Å²) in [6, 6.07) is 10.9. The highest BCUT2D eigenvalue weighted by Gasteiger charge is 2.23. The lowest BCUT2D eigenvalue weighted by Crippen LogP contribution is -2.23. The molecule has 1 aromatic carbocycles. The number of hydrogen-bond acceptors (Lipinski definition) is 5. The zero-order valence-electron chi connectivity index (χ0n) is 11.2. The standard InChI is InChI=1S/C15H17NO4/c1-2-20-14(18)9-13(17)15(19)12-8-7-10-5-3-4-6-11(10)16-12/h3-8,13,15,17,19H,2,9H2,1H3. The van der Waals surface area contributed by atoms with E-state index in [1.165, 1.54) is 0 Å². The molecule has 0 spiro atoms. The summed E-state index contributed by atoms with van der Waals surface area (Å²) in [7, 11) is 0. The van der Waals surface area contributed by atoms with Crippen LogP contribution < -0.4 is 0 Å². The molecule has 2 aromatic rings. The molecule has 5 nitrogen and oxygen atoms in total. The topological polar surface area (TPSA) is 79.7 Å².